The summed E-state index contributed by atoms with van der Waals surface area (Å²) in [6, 6.07) is 0. The molecule has 3 aliphatic carbocycles. The predicted molar refractivity (Wildman–Crippen MR) is 51.2 cm³/mol. The van der Waals surface area contributed by atoms with Gasteiger partial charge in [0, 0.05) is 5.41 Å². The summed E-state index contributed by atoms with van der Waals surface area (Å²) in [5, 5.41) is 0. The molecule has 0 aliphatic heterocycles. The van der Waals surface area contributed by atoms with Gasteiger partial charge in [0.1, 0.15) is 0 Å². The molecule has 0 aromatic heterocycles. The van der Waals surface area contributed by atoms with E-state index in [-0.39, 0.29) is 5.78 Å². The lowest BCUT2D eigenvalue weighted by Gasteiger charge is -2.35. The largest absolute Gasteiger partial charge is 0.290 e. The van der Waals surface area contributed by atoms with Crippen molar-refractivity contribution in [3.05, 3.63) is 23.8 Å². The van der Waals surface area contributed by atoms with Gasteiger partial charge in [-0.25, -0.2) is 0 Å². The van der Waals surface area contributed by atoms with Gasteiger partial charge in [0.15, 0.2) is 5.78 Å². The average molecular weight is 174 g/mol. The molecule has 1 nitrogen and oxygen atoms in total. The minimum Gasteiger partial charge on any atom is -0.290 e. The zero-order chi connectivity index (χ0) is 8.89. The van der Waals surface area contributed by atoms with Gasteiger partial charge in [0.2, 0.25) is 0 Å². The molecule has 0 aromatic rings. The molecule has 0 N–H and O–H groups in total. The first-order valence-electron chi connectivity index (χ1n) is 5.25. The summed E-state index contributed by atoms with van der Waals surface area (Å²) in [6.45, 7) is 0. The maximum absolute atomic E-state index is 11.3. The number of rotatable bonds is 0. The predicted octanol–water partition coefficient (Wildman–Crippen LogP) is 2.63. The Hall–Kier alpha value is -0.850. The first-order valence-corrected chi connectivity index (χ1v) is 5.25. The van der Waals surface area contributed by atoms with Crippen molar-refractivity contribution in [2.45, 2.75) is 32.1 Å². The topological polar surface area (TPSA) is 17.1 Å². The Morgan fingerprint density at radius 2 is 2.23 bits per heavy atom. The van der Waals surface area contributed by atoms with Gasteiger partial charge in [-0.2, -0.15) is 0 Å². The van der Waals surface area contributed by atoms with E-state index in [0.29, 0.717) is 5.41 Å². The standard InChI is InChI=1S/C12H14O/c13-10-4-7-12-5-1-2-9(3-6-12)11(12)8-10/h4,7-9H,1-3,5-6H2/t9-,12+/m0/s1. The maximum atomic E-state index is 11.3. The van der Waals surface area contributed by atoms with Crippen molar-refractivity contribution in [3.8, 4) is 0 Å². The molecule has 68 valence electrons. The lowest BCUT2D eigenvalue weighted by molar-refractivity contribution is -0.110. The molecule has 2 saturated carbocycles. The molecule has 0 aromatic carbocycles. The molecular formula is C12H14O. The molecule has 2 bridgehead atoms. The summed E-state index contributed by atoms with van der Waals surface area (Å²) in [5.74, 6) is 0.946. The van der Waals surface area contributed by atoms with Crippen LogP contribution in [0.5, 0.6) is 0 Å². The second-order valence-corrected chi connectivity index (χ2v) is 4.62. The molecule has 0 heterocycles. The molecule has 2 atom stereocenters. The zero-order valence-electron chi connectivity index (χ0n) is 7.75. The average Bonchev–Trinajstić information content (AvgIpc) is 2.37. The van der Waals surface area contributed by atoms with E-state index in [1.165, 1.54) is 37.7 Å². The van der Waals surface area contributed by atoms with Crippen molar-refractivity contribution in [3.63, 3.8) is 0 Å². The minimum absolute atomic E-state index is 0.208. The summed E-state index contributed by atoms with van der Waals surface area (Å²) in [7, 11) is 0. The summed E-state index contributed by atoms with van der Waals surface area (Å²) in [6.07, 6.45) is 12.4. The van der Waals surface area contributed by atoms with Crippen LogP contribution in [0.3, 0.4) is 0 Å². The van der Waals surface area contributed by atoms with Crippen LogP contribution in [-0.2, 0) is 4.79 Å². The molecule has 2 fully saturated rings. The van der Waals surface area contributed by atoms with Crippen molar-refractivity contribution in [1.29, 1.82) is 0 Å². The third kappa shape index (κ3) is 0.903. The lowest BCUT2D eigenvalue weighted by atomic mass is 9.69. The third-order valence-corrected chi connectivity index (χ3v) is 3.99. The van der Waals surface area contributed by atoms with Crippen molar-refractivity contribution < 1.29 is 4.79 Å². The molecule has 0 saturated heterocycles. The molecule has 3 rings (SSSR count). The second kappa shape index (κ2) is 2.34. The first kappa shape index (κ1) is 7.54. The van der Waals surface area contributed by atoms with Crippen LogP contribution in [0.2, 0.25) is 0 Å². The van der Waals surface area contributed by atoms with E-state index in [0.717, 1.165) is 5.92 Å². The van der Waals surface area contributed by atoms with Crippen molar-refractivity contribution >= 4 is 5.78 Å². The Bertz CT molecular complexity index is 320. The fourth-order valence-electron chi connectivity index (χ4n) is 3.34. The van der Waals surface area contributed by atoms with Gasteiger partial charge >= 0.3 is 0 Å². The number of ketones is 1. The minimum atomic E-state index is 0.208. The van der Waals surface area contributed by atoms with Crippen molar-refractivity contribution in [2.75, 3.05) is 0 Å². The van der Waals surface area contributed by atoms with Gasteiger partial charge in [0.05, 0.1) is 0 Å². The number of hydrogen-bond donors (Lipinski definition) is 0. The summed E-state index contributed by atoms with van der Waals surface area (Å²) in [4.78, 5) is 11.3. The Kier molecular flexibility index (Phi) is 1.36. The van der Waals surface area contributed by atoms with Crippen LogP contribution >= 0.6 is 0 Å². The van der Waals surface area contributed by atoms with Gasteiger partial charge in [-0.05, 0) is 43.8 Å². The number of hydrogen-bond acceptors (Lipinski definition) is 1. The number of carbonyl (C=O) groups excluding carboxylic acids is 1. The van der Waals surface area contributed by atoms with E-state index in [1.807, 2.05) is 6.08 Å². The fraction of sp³-hybridized carbons (Fsp3) is 0.583. The van der Waals surface area contributed by atoms with Crippen LogP contribution in [0.1, 0.15) is 32.1 Å². The first-order chi connectivity index (χ1) is 6.30. The molecule has 3 aliphatic rings. The van der Waals surface area contributed by atoms with Crippen molar-refractivity contribution in [2.24, 2.45) is 11.3 Å². The van der Waals surface area contributed by atoms with Crippen molar-refractivity contribution in [1.82, 2.24) is 0 Å². The quantitative estimate of drug-likeness (QED) is 0.551. The highest BCUT2D eigenvalue weighted by Gasteiger charge is 2.45. The Labute approximate surface area is 78.5 Å². The monoisotopic (exact) mass is 174 g/mol. The maximum Gasteiger partial charge on any atom is 0.178 e. The SMILES string of the molecule is O=C1C=C[C@@]23CCC[C@@H](CC2)C3=C1. The van der Waals surface area contributed by atoms with E-state index >= 15 is 0 Å². The number of allylic oxidation sites excluding steroid dienone is 4. The molecular weight excluding hydrogens is 160 g/mol. The molecule has 13 heavy (non-hydrogen) atoms. The van der Waals surface area contributed by atoms with Crippen LogP contribution in [0.25, 0.3) is 0 Å². The van der Waals surface area contributed by atoms with E-state index in [1.54, 1.807) is 6.08 Å². The van der Waals surface area contributed by atoms with E-state index in [9.17, 15) is 4.79 Å². The fourth-order valence-corrected chi connectivity index (χ4v) is 3.34. The highest BCUT2D eigenvalue weighted by Crippen LogP contribution is 2.57. The van der Waals surface area contributed by atoms with Gasteiger partial charge < -0.3 is 0 Å². The van der Waals surface area contributed by atoms with Crippen LogP contribution in [0.4, 0.5) is 0 Å². The van der Waals surface area contributed by atoms with E-state index < -0.39 is 0 Å². The van der Waals surface area contributed by atoms with Crippen LogP contribution in [0, 0.1) is 11.3 Å². The Morgan fingerprint density at radius 1 is 1.31 bits per heavy atom. The van der Waals surface area contributed by atoms with E-state index in [4.69, 9.17) is 0 Å². The van der Waals surface area contributed by atoms with E-state index in [2.05, 4.69) is 6.08 Å². The highest BCUT2D eigenvalue weighted by atomic mass is 16.1. The normalized spacial score (nSPS) is 41.7. The zero-order valence-corrected chi connectivity index (χ0v) is 7.75. The third-order valence-electron chi connectivity index (χ3n) is 3.99. The van der Waals surface area contributed by atoms with Crippen LogP contribution in [0.15, 0.2) is 23.8 Å². The molecule has 1 heteroatoms. The highest BCUT2D eigenvalue weighted by molar-refractivity contribution is 6.01. The Balaban J connectivity index is 2.11. The van der Waals surface area contributed by atoms with Crippen LogP contribution in [-0.4, -0.2) is 5.78 Å². The smallest absolute Gasteiger partial charge is 0.178 e. The van der Waals surface area contributed by atoms with Gasteiger partial charge in [0.25, 0.3) is 0 Å². The Morgan fingerprint density at radius 3 is 3.15 bits per heavy atom. The molecule has 0 amide bonds. The van der Waals surface area contributed by atoms with Crippen LogP contribution < -0.4 is 0 Å². The number of carbonyl (C=O) groups is 1. The summed E-state index contributed by atoms with van der Waals surface area (Å²) in [5.41, 5.74) is 1.79. The summed E-state index contributed by atoms with van der Waals surface area (Å²) >= 11 is 0. The lowest BCUT2D eigenvalue weighted by Crippen LogP contribution is -2.25. The molecule has 0 spiro atoms. The molecule has 0 radical (unpaired) electrons. The van der Waals surface area contributed by atoms with Gasteiger partial charge in [-0.15, -0.1) is 0 Å². The van der Waals surface area contributed by atoms with Gasteiger partial charge in [-0.3, -0.25) is 4.79 Å². The molecule has 0 unspecified atom stereocenters. The second-order valence-electron chi connectivity index (χ2n) is 4.62. The van der Waals surface area contributed by atoms with Gasteiger partial charge in [-0.1, -0.05) is 18.1 Å². The summed E-state index contributed by atoms with van der Waals surface area (Å²) < 4.78 is 0.